The molecule has 2 unspecified atom stereocenters. The first-order valence-electron chi connectivity index (χ1n) is 8.04. The van der Waals surface area contributed by atoms with Crippen LogP contribution in [0.25, 0.3) is 0 Å². The maximum Gasteiger partial charge on any atom is 0.0472 e. The Morgan fingerprint density at radius 3 is 2.55 bits per heavy atom. The highest BCUT2D eigenvalue weighted by molar-refractivity contribution is 5.19. The number of nitrogens with one attached hydrogen (secondary N) is 1. The molecule has 0 radical (unpaired) electrons. The van der Waals surface area contributed by atoms with E-state index >= 15 is 0 Å². The zero-order valence-electron chi connectivity index (χ0n) is 12.6. The van der Waals surface area contributed by atoms with Crippen LogP contribution in [0.4, 0.5) is 0 Å². The van der Waals surface area contributed by atoms with Crippen LogP contribution in [-0.2, 0) is 0 Å². The summed E-state index contributed by atoms with van der Waals surface area (Å²) in [5, 5.41) is 3.80. The zero-order valence-corrected chi connectivity index (χ0v) is 12.6. The van der Waals surface area contributed by atoms with Gasteiger partial charge in [0.05, 0.1) is 0 Å². The monoisotopic (exact) mass is 273 g/mol. The van der Waals surface area contributed by atoms with Gasteiger partial charge in [-0.1, -0.05) is 30.3 Å². The Kier molecular flexibility index (Phi) is 4.71. The molecule has 0 saturated carbocycles. The van der Waals surface area contributed by atoms with Crippen molar-refractivity contribution < 1.29 is 0 Å². The van der Waals surface area contributed by atoms with E-state index in [1.54, 1.807) is 0 Å². The molecule has 1 aromatic carbocycles. The molecular weight excluding hydrogens is 246 g/mol. The second kappa shape index (κ2) is 6.70. The molecular formula is C17H27N3. The summed E-state index contributed by atoms with van der Waals surface area (Å²) in [5.74, 6) is 0. The largest absolute Gasteiger partial charge is 0.311 e. The number of hydrogen-bond donors (Lipinski definition) is 1. The molecule has 3 nitrogen and oxygen atoms in total. The summed E-state index contributed by atoms with van der Waals surface area (Å²) in [4.78, 5) is 5.08. The molecule has 2 aliphatic heterocycles. The van der Waals surface area contributed by atoms with Crippen LogP contribution in [0, 0.1) is 0 Å². The molecule has 0 amide bonds. The van der Waals surface area contributed by atoms with Crippen molar-refractivity contribution in [2.24, 2.45) is 0 Å². The van der Waals surface area contributed by atoms with Gasteiger partial charge in [-0.15, -0.1) is 0 Å². The van der Waals surface area contributed by atoms with Gasteiger partial charge in [0, 0.05) is 25.2 Å². The van der Waals surface area contributed by atoms with Gasteiger partial charge in [0.1, 0.15) is 0 Å². The topological polar surface area (TPSA) is 18.5 Å². The third-order valence-electron chi connectivity index (χ3n) is 4.76. The standard InChI is InChI=1S/C17H27N3/c1-19-12-9-16(14-19)18-13-17(20-10-5-6-11-20)15-7-3-2-4-8-15/h2-4,7-8,16-18H,5-6,9-14H2,1H3. The van der Waals surface area contributed by atoms with E-state index < -0.39 is 0 Å². The van der Waals surface area contributed by atoms with Gasteiger partial charge in [0.25, 0.3) is 0 Å². The molecule has 0 bridgehead atoms. The molecule has 3 rings (SSSR count). The number of hydrogen-bond acceptors (Lipinski definition) is 3. The average Bonchev–Trinajstić information content (AvgIpc) is 3.12. The summed E-state index contributed by atoms with van der Waals surface area (Å²) in [6.45, 7) is 6.03. The second-order valence-corrected chi connectivity index (χ2v) is 6.33. The summed E-state index contributed by atoms with van der Waals surface area (Å²) >= 11 is 0. The summed E-state index contributed by atoms with van der Waals surface area (Å²) < 4.78 is 0. The first-order valence-corrected chi connectivity index (χ1v) is 8.04. The fraction of sp³-hybridized carbons (Fsp3) is 0.647. The first kappa shape index (κ1) is 14.1. The van der Waals surface area contributed by atoms with Crippen LogP contribution in [0.15, 0.2) is 30.3 Å². The van der Waals surface area contributed by atoms with Crippen LogP contribution in [0.2, 0.25) is 0 Å². The summed E-state index contributed by atoms with van der Waals surface area (Å²) in [6, 6.07) is 12.2. The lowest BCUT2D eigenvalue weighted by atomic mass is 10.1. The number of rotatable bonds is 5. The van der Waals surface area contributed by atoms with Gasteiger partial charge in [-0.05, 0) is 51.5 Å². The molecule has 0 aliphatic carbocycles. The maximum atomic E-state index is 3.80. The minimum Gasteiger partial charge on any atom is -0.311 e. The molecule has 0 aromatic heterocycles. The van der Waals surface area contributed by atoms with E-state index in [-0.39, 0.29) is 0 Å². The Bertz CT molecular complexity index is 400. The highest BCUT2D eigenvalue weighted by Gasteiger charge is 2.25. The summed E-state index contributed by atoms with van der Waals surface area (Å²) in [7, 11) is 2.22. The van der Waals surface area contributed by atoms with Gasteiger partial charge in [-0.25, -0.2) is 0 Å². The fourth-order valence-corrected chi connectivity index (χ4v) is 3.57. The molecule has 110 valence electrons. The van der Waals surface area contributed by atoms with E-state index in [1.165, 1.54) is 51.0 Å². The predicted octanol–water partition coefficient (Wildman–Crippen LogP) is 2.12. The third kappa shape index (κ3) is 3.40. The minimum absolute atomic E-state index is 0.546. The van der Waals surface area contributed by atoms with Crippen molar-refractivity contribution in [2.45, 2.75) is 31.3 Å². The molecule has 0 spiro atoms. The zero-order chi connectivity index (χ0) is 13.8. The van der Waals surface area contributed by atoms with Gasteiger partial charge < -0.3 is 10.2 Å². The molecule has 1 aromatic rings. The van der Waals surface area contributed by atoms with E-state index in [1.807, 2.05) is 0 Å². The molecule has 2 aliphatic rings. The van der Waals surface area contributed by atoms with Crippen molar-refractivity contribution in [3.63, 3.8) is 0 Å². The fourth-order valence-electron chi connectivity index (χ4n) is 3.57. The Morgan fingerprint density at radius 2 is 1.90 bits per heavy atom. The number of benzene rings is 1. The predicted molar refractivity (Wildman–Crippen MR) is 83.9 cm³/mol. The van der Waals surface area contributed by atoms with Crippen molar-refractivity contribution in [3.05, 3.63) is 35.9 Å². The Hall–Kier alpha value is -0.900. The van der Waals surface area contributed by atoms with Gasteiger partial charge in [-0.3, -0.25) is 4.90 Å². The van der Waals surface area contributed by atoms with Crippen molar-refractivity contribution in [1.29, 1.82) is 0 Å². The number of likely N-dealkylation sites (tertiary alicyclic amines) is 2. The van der Waals surface area contributed by atoms with Crippen LogP contribution >= 0.6 is 0 Å². The van der Waals surface area contributed by atoms with Gasteiger partial charge in [-0.2, -0.15) is 0 Å². The second-order valence-electron chi connectivity index (χ2n) is 6.33. The van der Waals surface area contributed by atoms with E-state index in [0.717, 1.165) is 6.54 Å². The number of nitrogens with zero attached hydrogens (tertiary/aromatic N) is 2. The average molecular weight is 273 g/mol. The van der Waals surface area contributed by atoms with Crippen molar-refractivity contribution >= 4 is 0 Å². The molecule has 2 heterocycles. The lowest BCUT2D eigenvalue weighted by molar-refractivity contribution is 0.232. The van der Waals surface area contributed by atoms with Crippen molar-refractivity contribution in [3.8, 4) is 0 Å². The highest BCUT2D eigenvalue weighted by Crippen LogP contribution is 2.24. The van der Waals surface area contributed by atoms with Crippen LogP contribution in [0.1, 0.15) is 30.9 Å². The van der Waals surface area contributed by atoms with Gasteiger partial charge in [0.15, 0.2) is 0 Å². The van der Waals surface area contributed by atoms with E-state index in [4.69, 9.17) is 0 Å². The third-order valence-corrected chi connectivity index (χ3v) is 4.76. The molecule has 2 atom stereocenters. The summed E-state index contributed by atoms with van der Waals surface area (Å²) in [5.41, 5.74) is 1.47. The first-order chi connectivity index (χ1) is 9.83. The molecule has 2 fully saturated rings. The molecule has 3 heteroatoms. The van der Waals surface area contributed by atoms with Crippen LogP contribution < -0.4 is 5.32 Å². The van der Waals surface area contributed by atoms with Crippen LogP contribution in [-0.4, -0.2) is 55.6 Å². The molecule has 20 heavy (non-hydrogen) atoms. The maximum absolute atomic E-state index is 3.80. The van der Waals surface area contributed by atoms with Gasteiger partial charge in [0.2, 0.25) is 0 Å². The quantitative estimate of drug-likeness (QED) is 0.886. The van der Waals surface area contributed by atoms with E-state index in [9.17, 15) is 0 Å². The minimum atomic E-state index is 0.546. The van der Waals surface area contributed by atoms with Crippen molar-refractivity contribution in [1.82, 2.24) is 15.1 Å². The van der Waals surface area contributed by atoms with Crippen molar-refractivity contribution in [2.75, 3.05) is 39.8 Å². The van der Waals surface area contributed by atoms with Gasteiger partial charge >= 0.3 is 0 Å². The normalized spacial score (nSPS) is 26.1. The SMILES string of the molecule is CN1CCC(NCC(c2ccccc2)N2CCCC2)C1. The molecule has 2 saturated heterocycles. The Balaban J connectivity index is 1.63. The molecule has 1 N–H and O–H groups in total. The Labute approximate surface area is 123 Å². The van der Waals surface area contributed by atoms with Crippen LogP contribution in [0.5, 0.6) is 0 Å². The Morgan fingerprint density at radius 1 is 1.15 bits per heavy atom. The van der Waals surface area contributed by atoms with Crippen LogP contribution in [0.3, 0.4) is 0 Å². The number of likely N-dealkylation sites (N-methyl/N-ethyl adjacent to an activating group) is 1. The lowest BCUT2D eigenvalue weighted by Crippen LogP contribution is -2.39. The summed E-state index contributed by atoms with van der Waals surface area (Å²) in [6.07, 6.45) is 4.00. The lowest BCUT2D eigenvalue weighted by Gasteiger charge is -2.29. The highest BCUT2D eigenvalue weighted by atomic mass is 15.2. The van der Waals surface area contributed by atoms with E-state index in [2.05, 4.69) is 52.5 Å². The smallest absolute Gasteiger partial charge is 0.0472 e. The van der Waals surface area contributed by atoms with E-state index in [0.29, 0.717) is 12.1 Å².